The maximum absolute atomic E-state index is 5.43. The summed E-state index contributed by atoms with van der Waals surface area (Å²) in [6, 6.07) is 4.05. The van der Waals surface area contributed by atoms with E-state index in [1.807, 2.05) is 26.4 Å². The first kappa shape index (κ1) is 9.00. The quantitative estimate of drug-likeness (QED) is 0.715. The van der Waals surface area contributed by atoms with E-state index in [2.05, 4.69) is 16.0 Å². The van der Waals surface area contributed by atoms with Crippen molar-refractivity contribution in [2.24, 2.45) is 5.73 Å². The van der Waals surface area contributed by atoms with E-state index < -0.39 is 0 Å². The van der Waals surface area contributed by atoms with Crippen molar-refractivity contribution in [2.45, 2.75) is 6.42 Å². The van der Waals surface area contributed by atoms with Gasteiger partial charge < -0.3 is 10.6 Å². The summed E-state index contributed by atoms with van der Waals surface area (Å²) >= 11 is 0. The molecule has 0 aromatic carbocycles. The molecule has 1 aromatic rings. The zero-order valence-corrected chi connectivity index (χ0v) is 7.62. The minimum absolute atomic E-state index is 0.657. The molecule has 0 atom stereocenters. The minimum Gasteiger partial charge on any atom is -0.378 e. The summed E-state index contributed by atoms with van der Waals surface area (Å²) in [5.41, 5.74) is 7.67. The molecule has 1 aromatic heterocycles. The third-order valence-electron chi connectivity index (χ3n) is 1.72. The molecule has 3 heteroatoms. The molecular formula is C9H15N3. The molecule has 0 spiro atoms. The van der Waals surface area contributed by atoms with Crippen LogP contribution >= 0.6 is 0 Å². The summed E-state index contributed by atoms with van der Waals surface area (Å²) in [4.78, 5) is 6.26. The van der Waals surface area contributed by atoms with Crippen molar-refractivity contribution in [1.29, 1.82) is 0 Å². The summed E-state index contributed by atoms with van der Waals surface area (Å²) in [6.07, 6.45) is 2.67. The molecule has 1 heterocycles. The van der Waals surface area contributed by atoms with Crippen LogP contribution in [0.5, 0.6) is 0 Å². The van der Waals surface area contributed by atoms with Crippen LogP contribution in [0.3, 0.4) is 0 Å². The van der Waals surface area contributed by atoms with Gasteiger partial charge in [0.15, 0.2) is 0 Å². The lowest BCUT2D eigenvalue weighted by Crippen LogP contribution is -2.10. The third kappa shape index (κ3) is 2.20. The first-order chi connectivity index (χ1) is 5.74. The first-order valence-electron chi connectivity index (χ1n) is 4.06. The molecule has 3 nitrogen and oxygen atoms in total. The normalized spacial score (nSPS) is 9.92. The Balaban J connectivity index is 2.81. The van der Waals surface area contributed by atoms with Crippen molar-refractivity contribution >= 4 is 5.69 Å². The van der Waals surface area contributed by atoms with E-state index in [0.717, 1.165) is 12.1 Å². The topological polar surface area (TPSA) is 42.2 Å². The van der Waals surface area contributed by atoms with Crippen LogP contribution in [0.1, 0.15) is 5.69 Å². The van der Waals surface area contributed by atoms with E-state index in [4.69, 9.17) is 5.73 Å². The highest BCUT2D eigenvalue weighted by Gasteiger charge is 1.97. The van der Waals surface area contributed by atoms with Gasteiger partial charge in [-0.3, -0.25) is 4.98 Å². The van der Waals surface area contributed by atoms with Crippen molar-refractivity contribution in [3.63, 3.8) is 0 Å². The highest BCUT2D eigenvalue weighted by Crippen LogP contribution is 2.10. The van der Waals surface area contributed by atoms with E-state index in [1.54, 1.807) is 0 Å². The monoisotopic (exact) mass is 165 g/mol. The van der Waals surface area contributed by atoms with Crippen LogP contribution in [0.25, 0.3) is 0 Å². The summed E-state index contributed by atoms with van der Waals surface area (Å²) in [6.45, 7) is 0.657. The number of nitrogens with zero attached hydrogens (tertiary/aromatic N) is 2. The average molecular weight is 165 g/mol. The Labute approximate surface area is 73.2 Å². The fourth-order valence-corrected chi connectivity index (χ4v) is 1.03. The van der Waals surface area contributed by atoms with Gasteiger partial charge in [-0.2, -0.15) is 0 Å². The van der Waals surface area contributed by atoms with Crippen LogP contribution in [0, 0.1) is 0 Å². The van der Waals surface area contributed by atoms with E-state index >= 15 is 0 Å². The van der Waals surface area contributed by atoms with Gasteiger partial charge in [0.1, 0.15) is 0 Å². The van der Waals surface area contributed by atoms with Crippen molar-refractivity contribution in [3.8, 4) is 0 Å². The van der Waals surface area contributed by atoms with Crippen LogP contribution in [0.15, 0.2) is 18.3 Å². The predicted octanol–water partition coefficient (Wildman–Crippen LogP) is 0.649. The van der Waals surface area contributed by atoms with E-state index in [-0.39, 0.29) is 0 Å². The zero-order valence-electron chi connectivity index (χ0n) is 7.62. The van der Waals surface area contributed by atoms with Gasteiger partial charge in [-0.25, -0.2) is 0 Å². The second-order valence-corrected chi connectivity index (χ2v) is 2.94. The van der Waals surface area contributed by atoms with Crippen LogP contribution in [-0.4, -0.2) is 25.6 Å². The van der Waals surface area contributed by atoms with Gasteiger partial charge in [0.25, 0.3) is 0 Å². The number of pyridine rings is 1. The van der Waals surface area contributed by atoms with Crippen LogP contribution in [0.2, 0.25) is 0 Å². The predicted molar refractivity (Wildman–Crippen MR) is 51.3 cm³/mol. The highest BCUT2D eigenvalue weighted by atomic mass is 15.1. The zero-order chi connectivity index (χ0) is 8.97. The van der Waals surface area contributed by atoms with Crippen molar-refractivity contribution < 1.29 is 0 Å². The third-order valence-corrected chi connectivity index (χ3v) is 1.72. The molecule has 0 amide bonds. The number of hydrogen-bond acceptors (Lipinski definition) is 3. The largest absolute Gasteiger partial charge is 0.378 e. The molecule has 1 rings (SSSR count). The number of anilines is 1. The molecule has 12 heavy (non-hydrogen) atoms. The lowest BCUT2D eigenvalue weighted by atomic mass is 10.2. The summed E-state index contributed by atoms with van der Waals surface area (Å²) in [5.74, 6) is 0. The molecular weight excluding hydrogens is 150 g/mol. The van der Waals surface area contributed by atoms with Gasteiger partial charge in [-0.1, -0.05) is 0 Å². The fourth-order valence-electron chi connectivity index (χ4n) is 1.03. The molecule has 2 N–H and O–H groups in total. The van der Waals surface area contributed by atoms with Gasteiger partial charge >= 0.3 is 0 Å². The first-order valence-corrected chi connectivity index (χ1v) is 4.06. The SMILES string of the molecule is CN(C)c1ccnc(CCN)c1. The van der Waals surface area contributed by atoms with E-state index in [0.29, 0.717) is 6.54 Å². The molecule has 0 fully saturated rings. The molecule has 0 unspecified atom stereocenters. The van der Waals surface area contributed by atoms with Gasteiger partial charge in [-0.15, -0.1) is 0 Å². The number of rotatable bonds is 3. The number of hydrogen-bond donors (Lipinski definition) is 1. The Morgan fingerprint density at radius 1 is 1.50 bits per heavy atom. The second kappa shape index (κ2) is 4.07. The number of nitrogens with two attached hydrogens (primary N) is 1. The molecule has 0 saturated heterocycles. The molecule has 0 radical (unpaired) electrons. The molecule has 0 bridgehead atoms. The Kier molecular flexibility index (Phi) is 3.05. The second-order valence-electron chi connectivity index (χ2n) is 2.94. The maximum Gasteiger partial charge on any atom is 0.0436 e. The lowest BCUT2D eigenvalue weighted by Gasteiger charge is -2.12. The van der Waals surface area contributed by atoms with E-state index in [1.165, 1.54) is 5.69 Å². The fraction of sp³-hybridized carbons (Fsp3) is 0.444. The molecule has 0 aliphatic rings. The number of aromatic nitrogens is 1. The van der Waals surface area contributed by atoms with E-state index in [9.17, 15) is 0 Å². The highest BCUT2D eigenvalue weighted by molar-refractivity contribution is 5.44. The molecule has 0 aliphatic carbocycles. The minimum atomic E-state index is 0.657. The van der Waals surface area contributed by atoms with Crippen LogP contribution < -0.4 is 10.6 Å². The molecule has 66 valence electrons. The molecule has 0 saturated carbocycles. The summed E-state index contributed by atoms with van der Waals surface area (Å²) in [7, 11) is 4.03. The van der Waals surface area contributed by atoms with Gasteiger partial charge in [-0.05, 0) is 18.7 Å². The maximum atomic E-state index is 5.43. The van der Waals surface area contributed by atoms with Crippen LogP contribution in [0.4, 0.5) is 5.69 Å². The lowest BCUT2D eigenvalue weighted by molar-refractivity contribution is 0.920. The Morgan fingerprint density at radius 2 is 2.25 bits per heavy atom. The standard InChI is InChI=1S/C9H15N3/c1-12(2)9-4-6-11-8(7-9)3-5-10/h4,6-7H,3,5,10H2,1-2H3. The average Bonchev–Trinajstić information content (AvgIpc) is 2.05. The van der Waals surface area contributed by atoms with Crippen molar-refractivity contribution in [1.82, 2.24) is 4.98 Å². The van der Waals surface area contributed by atoms with Crippen LogP contribution in [-0.2, 0) is 6.42 Å². The van der Waals surface area contributed by atoms with Crippen molar-refractivity contribution in [2.75, 3.05) is 25.5 Å². The van der Waals surface area contributed by atoms with Gasteiger partial charge in [0, 0.05) is 38.1 Å². The Bertz CT molecular complexity index is 245. The van der Waals surface area contributed by atoms with Gasteiger partial charge in [0.05, 0.1) is 0 Å². The summed E-state index contributed by atoms with van der Waals surface area (Å²) < 4.78 is 0. The Morgan fingerprint density at radius 3 is 2.83 bits per heavy atom. The summed E-state index contributed by atoms with van der Waals surface area (Å²) in [5, 5.41) is 0. The molecule has 0 aliphatic heterocycles. The smallest absolute Gasteiger partial charge is 0.0436 e. The van der Waals surface area contributed by atoms with Gasteiger partial charge in [0.2, 0.25) is 0 Å². The Hall–Kier alpha value is -1.09. The van der Waals surface area contributed by atoms with Crippen molar-refractivity contribution in [3.05, 3.63) is 24.0 Å².